The van der Waals surface area contributed by atoms with Gasteiger partial charge in [-0.15, -0.1) is 0 Å². The quantitative estimate of drug-likeness (QED) is 0.391. The summed E-state index contributed by atoms with van der Waals surface area (Å²) in [4.78, 5) is 0. The molecule has 0 spiro atoms. The van der Waals surface area contributed by atoms with Gasteiger partial charge in [0.05, 0.1) is 6.10 Å². The first-order valence-electron chi connectivity index (χ1n) is 6.23. The van der Waals surface area contributed by atoms with Crippen molar-refractivity contribution < 1.29 is 25.2 Å². The summed E-state index contributed by atoms with van der Waals surface area (Å²) in [6.45, 7) is 0. The molecule has 3 rings (SSSR count). The summed E-state index contributed by atoms with van der Waals surface area (Å²) in [5.41, 5.74) is 1.38. The van der Waals surface area contributed by atoms with Crippen molar-refractivity contribution in [3.63, 3.8) is 0 Å². The van der Waals surface area contributed by atoms with E-state index in [0.717, 1.165) is 11.6 Å². The van der Waals surface area contributed by atoms with Crippen LogP contribution in [0, 0.1) is 0 Å². The van der Waals surface area contributed by atoms with E-state index in [1.54, 1.807) is 24.3 Å². The van der Waals surface area contributed by atoms with Gasteiger partial charge >= 0.3 is 0 Å². The Labute approximate surface area is 115 Å². The SMILES string of the molecule is Oc1ccc(C2OC2Cc2cc(O)cc(O)c2O)cc1. The van der Waals surface area contributed by atoms with Crippen LogP contribution in [0.25, 0.3) is 0 Å². The molecule has 0 radical (unpaired) electrons. The first kappa shape index (κ1) is 12.6. The maximum Gasteiger partial charge on any atom is 0.161 e. The maximum absolute atomic E-state index is 9.74. The molecule has 2 unspecified atom stereocenters. The Bertz CT molecular complexity index is 635. The molecule has 5 nitrogen and oxygen atoms in total. The zero-order valence-electron chi connectivity index (χ0n) is 10.5. The van der Waals surface area contributed by atoms with Crippen LogP contribution in [0.3, 0.4) is 0 Å². The Morgan fingerprint density at radius 1 is 0.900 bits per heavy atom. The standard InChI is InChI=1S/C15H14O5/c16-10-3-1-8(2-4-10)15-13(20-15)6-9-5-11(17)7-12(18)14(9)19/h1-5,7,13,15-19H,6H2. The molecule has 4 N–H and O–H groups in total. The van der Waals surface area contributed by atoms with E-state index in [2.05, 4.69) is 0 Å². The van der Waals surface area contributed by atoms with Gasteiger partial charge in [-0.2, -0.15) is 0 Å². The van der Waals surface area contributed by atoms with E-state index in [1.807, 2.05) is 0 Å². The first-order chi connectivity index (χ1) is 9.54. The molecule has 104 valence electrons. The fourth-order valence-corrected chi connectivity index (χ4v) is 2.29. The predicted molar refractivity (Wildman–Crippen MR) is 70.9 cm³/mol. The van der Waals surface area contributed by atoms with E-state index < -0.39 is 0 Å². The van der Waals surface area contributed by atoms with Crippen LogP contribution in [0.2, 0.25) is 0 Å². The van der Waals surface area contributed by atoms with Gasteiger partial charge in [0, 0.05) is 18.1 Å². The highest BCUT2D eigenvalue weighted by molar-refractivity contribution is 5.50. The lowest BCUT2D eigenvalue weighted by atomic mass is 10.0. The smallest absolute Gasteiger partial charge is 0.161 e. The summed E-state index contributed by atoms with van der Waals surface area (Å²) in [6.07, 6.45) is 0.172. The second-order valence-electron chi connectivity index (χ2n) is 4.86. The molecule has 0 bridgehead atoms. The molecule has 0 aromatic heterocycles. The van der Waals surface area contributed by atoms with E-state index in [4.69, 9.17) is 4.74 Å². The minimum Gasteiger partial charge on any atom is -0.508 e. The summed E-state index contributed by atoms with van der Waals surface area (Å²) >= 11 is 0. The highest BCUT2D eigenvalue weighted by atomic mass is 16.6. The van der Waals surface area contributed by atoms with Crippen molar-refractivity contribution in [1.82, 2.24) is 0 Å². The predicted octanol–water partition coefficient (Wildman–Crippen LogP) is 2.19. The molecule has 2 atom stereocenters. The van der Waals surface area contributed by atoms with E-state index in [0.29, 0.717) is 12.0 Å². The van der Waals surface area contributed by atoms with Crippen LogP contribution >= 0.6 is 0 Å². The lowest BCUT2D eigenvalue weighted by Gasteiger charge is -2.05. The molecule has 0 amide bonds. The second kappa shape index (κ2) is 4.61. The van der Waals surface area contributed by atoms with E-state index in [1.165, 1.54) is 6.07 Å². The largest absolute Gasteiger partial charge is 0.508 e. The summed E-state index contributed by atoms with van der Waals surface area (Å²) in [6, 6.07) is 9.23. The summed E-state index contributed by atoms with van der Waals surface area (Å²) < 4.78 is 5.53. The molecule has 1 saturated heterocycles. The Kier molecular flexibility index (Phi) is 2.91. The van der Waals surface area contributed by atoms with Gasteiger partial charge in [0.2, 0.25) is 0 Å². The molecular formula is C15H14O5. The molecule has 20 heavy (non-hydrogen) atoms. The van der Waals surface area contributed by atoms with Crippen LogP contribution in [0.5, 0.6) is 23.0 Å². The number of hydrogen-bond acceptors (Lipinski definition) is 5. The number of aromatic hydroxyl groups is 4. The third-order valence-electron chi connectivity index (χ3n) is 3.38. The lowest BCUT2D eigenvalue weighted by molar-refractivity contribution is 0.365. The van der Waals surface area contributed by atoms with Crippen LogP contribution in [-0.2, 0) is 11.2 Å². The van der Waals surface area contributed by atoms with Crippen LogP contribution in [0.15, 0.2) is 36.4 Å². The van der Waals surface area contributed by atoms with Gasteiger partial charge in [0.25, 0.3) is 0 Å². The summed E-state index contributed by atoms with van der Waals surface area (Å²) in [5, 5.41) is 37.8. The monoisotopic (exact) mass is 274 g/mol. The Balaban J connectivity index is 1.73. The second-order valence-corrected chi connectivity index (χ2v) is 4.86. The molecule has 0 saturated carbocycles. The zero-order chi connectivity index (χ0) is 14.3. The van der Waals surface area contributed by atoms with Crippen molar-refractivity contribution in [2.75, 3.05) is 0 Å². The summed E-state index contributed by atoms with van der Waals surface area (Å²) in [5.74, 6) is -0.483. The topological polar surface area (TPSA) is 93.5 Å². The minimum atomic E-state index is -0.346. The molecule has 1 heterocycles. The van der Waals surface area contributed by atoms with Crippen molar-refractivity contribution in [2.24, 2.45) is 0 Å². The number of ether oxygens (including phenoxy) is 1. The number of phenols is 4. The number of rotatable bonds is 3. The van der Waals surface area contributed by atoms with Gasteiger partial charge in [0.15, 0.2) is 11.5 Å². The van der Waals surface area contributed by atoms with Gasteiger partial charge in [-0.25, -0.2) is 0 Å². The highest BCUT2D eigenvalue weighted by Gasteiger charge is 2.40. The molecule has 2 aromatic carbocycles. The Morgan fingerprint density at radius 2 is 1.60 bits per heavy atom. The molecule has 2 aromatic rings. The summed E-state index contributed by atoms with van der Waals surface area (Å²) in [7, 11) is 0. The maximum atomic E-state index is 9.74. The fourth-order valence-electron chi connectivity index (χ4n) is 2.29. The van der Waals surface area contributed by atoms with Gasteiger partial charge in [-0.1, -0.05) is 12.1 Å². The van der Waals surface area contributed by atoms with Crippen molar-refractivity contribution in [1.29, 1.82) is 0 Å². The number of hydrogen-bond donors (Lipinski definition) is 4. The number of benzene rings is 2. The molecule has 1 aliphatic rings. The van der Waals surface area contributed by atoms with Crippen molar-refractivity contribution >= 4 is 0 Å². The van der Waals surface area contributed by atoms with Crippen LogP contribution in [-0.4, -0.2) is 26.5 Å². The molecule has 1 aliphatic heterocycles. The minimum absolute atomic E-state index is 0.0977. The van der Waals surface area contributed by atoms with Crippen LogP contribution in [0.1, 0.15) is 17.2 Å². The average Bonchev–Trinajstić information content (AvgIpc) is 3.15. The Hall–Kier alpha value is -2.40. The van der Waals surface area contributed by atoms with E-state index in [9.17, 15) is 20.4 Å². The normalized spacial score (nSPS) is 20.8. The van der Waals surface area contributed by atoms with Gasteiger partial charge in [-0.05, 0) is 23.8 Å². The molecular weight excluding hydrogens is 260 g/mol. The number of epoxide rings is 1. The number of phenolic OH excluding ortho intramolecular Hbond substituents is 4. The molecule has 0 aliphatic carbocycles. The van der Waals surface area contributed by atoms with Crippen LogP contribution < -0.4 is 0 Å². The third-order valence-corrected chi connectivity index (χ3v) is 3.38. The first-order valence-corrected chi connectivity index (χ1v) is 6.23. The van der Waals surface area contributed by atoms with E-state index in [-0.39, 0.29) is 35.2 Å². The van der Waals surface area contributed by atoms with Crippen molar-refractivity contribution in [3.8, 4) is 23.0 Å². The van der Waals surface area contributed by atoms with Crippen molar-refractivity contribution in [2.45, 2.75) is 18.6 Å². The van der Waals surface area contributed by atoms with Crippen LogP contribution in [0.4, 0.5) is 0 Å². The van der Waals surface area contributed by atoms with Crippen molar-refractivity contribution in [3.05, 3.63) is 47.5 Å². The fraction of sp³-hybridized carbons (Fsp3) is 0.200. The van der Waals surface area contributed by atoms with Gasteiger partial charge in [-0.3, -0.25) is 0 Å². The Morgan fingerprint density at radius 3 is 2.30 bits per heavy atom. The molecule has 1 fully saturated rings. The third kappa shape index (κ3) is 2.35. The molecule has 5 heteroatoms. The van der Waals surface area contributed by atoms with Gasteiger partial charge in [0.1, 0.15) is 17.6 Å². The van der Waals surface area contributed by atoms with Gasteiger partial charge < -0.3 is 25.2 Å². The zero-order valence-corrected chi connectivity index (χ0v) is 10.5. The average molecular weight is 274 g/mol. The highest BCUT2D eigenvalue weighted by Crippen LogP contribution is 2.43. The van der Waals surface area contributed by atoms with E-state index >= 15 is 0 Å². The lowest BCUT2D eigenvalue weighted by Crippen LogP contribution is -1.96.